The predicted octanol–water partition coefficient (Wildman–Crippen LogP) is -0.0544. The first-order valence-electron chi connectivity index (χ1n) is 6.99. The van der Waals surface area contributed by atoms with Crippen molar-refractivity contribution in [2.24, 2.45) is 0 Å². The molecule has 110 valence electrons. The minimum atomic E-state index is -0.200. The molecule has 0 radical (unpaired) electrons. The second-order valence-electron chi connectivity index (χ2n) is 5.03. The smallest absolute Gasteiger partial charge is 0.252 e. The molecule has 1 aromatic rings. The first kappa shape index (κ1) is 14.7. The van der Waals surface area contributed by atoms with Crippen LogP contribution in [0.25, 0.3) is 0 Å². The van der Waals surface area contributed by atoms with E-state index in [1.807, 2.05) is 6.07 Å². The van der Waals surface area contributed by atoms with Crippen LogP contribution in [0.3, 0.4) is 0 Å². The number of pyridine rings is 1. The number of aromatic nitrogens is 1. The largest absolute Gasteiger partial charge is 0.395 e. The molecule has 1 fully saturated rings. The number of nitrogens with one attached hydrogen (secondary N) is 1. The summed E-state index contributed by atoms with van der Waals surface area (Å²) in [5.41, 5.74) is 0.522. The van der Waals surface area contributed by atoms with Gasteiger partial charge in [-0.3, -0.25) is 4.79 Å². The Morgan fingerprint density at radius 1 is 1.35 bits per heavy atom. The second-order valence-corrected chi connectivity index (χ2v) is 5.03. The molecular weight excluding hydrogens is 256 g/mol. The van der Waals surface area contributed by atoms with Crippen molar-refractivity contribution in [3.05, 3.63) is 23.9 Å². The van der Waals surface area contributed by atoms with Crippen molar-refractivity contribution in [1.82, 2.24) is 15.2 Å². The standard InChI is InChI=1S/C14H22N4O2/c1-17-6-2-7-18(9-8-17)13-4-3-12(11-16-13)14(20)15-5-10-19/h3-4,11,19H,2,5-10H2,1H3,(H,15,20). The summed E-state index contributed by atoms with van der Waals surface area (Å²) >= 11 is 0. The molecule has 1 aliphatic heterocycles. The van der Waals surface area contributed by atoms with Crippen molar-refractivity contribution in [3.63, 3.8) is 0 Å². The average molecular weight is 278 g/mol. The number of hydrogen-bond acceptors (Lipinski definition) is 5. The zero-order chi connectivity index (χ0) is 14.4. The number of hydrogen-bond donors (Lipinski definition) is 2. The van der Waals surface area contributed by atoms with Gasteiger partial charge in [0.2, 0.25) is 0 Å². The van der Waals surface area contributed by atoms with Gasteiger partial charge in [0.05, 0.1) is 12.2 Å². The fraction of sp³-hybridized carbons (Fsp3) is 0.571. The summed E-state index contributed by atoms with van der Waals surface area (Å²) in [7, 11) is 2.13. The van der Waals surface area contributed by atoms with E-state index in [4.69, 9.17) is 5.11 Å². The minimum Gasteiger partial charge on any atom is -0.395 e. The van der Waals surface area contributed by atoms with Crippen molar-refractivity contribution in [2.45, 2.75) is 6.42 Å². The van der Waals surface area contributed by atoms with E-state index in [0.717, 1.165) is 38.4 Å². The molecule has 1 aromatic heterocycles. The summed E-state index contributed by atoms with van der Waals surface area (Å²) in [6, 6.07) is 3.67. The molecule has 2 rings (SSSR count). The first-order valence-corrected chi connectivity index (χ1v) is 6.99. The molecule has 0 saturated carbocycles. The van der Waals surface area contributed by atoms with Gasteiger partial charge in [-0.15, -0.1) is 0 Å². The maximum atomic E-state index is 11.7. The lowest BCUT2D eigenvalue weighted by Gasteiger charge is -2.21. The van der Waals surface area contributed by atoms with Gasteiger partial charge in [0.15, 0.2) is 0 Å². The van der Waals surface area contributed by atoms with E-state index >= 15 is 0 Å². The summed E-state index contributed by atoms with van der Waals surface area (Å²) in [5.74, 6) is 0.715. The molecule has 6 heteroatoms. The summed E-state index contributed by atoms with van der Waals surface area (Å²) in [6.45, 7) is 4.29. The summed E-state index contributed by atoms with van der Waals surface area (Å²) in [6.07, 6.45) is 2.72. The van der Waals surface area contributed by atoms with Crippen LogP contribution < -0.4 is 10.2 Å². The number of amides is 1. The van der Waals surface area contributed by atoms with E-state index in [2.05, 4.69) is 27.1 Å². The number of aliphatic hydroxyl groups is 1. The average Bonchev–Trinajstić information content (AvgIpc) is 2.70. The molecule has 0 bridgehead atoms. The van der Waals surface area contributed by atoms with E-state index in [1.165, 1.54) is 0 Å². The fourth-order valence-corrected chi connectivity index (χ4v) is 2.25. The van der Waals surface area contributed by atoms with E-state index in [-0.39, 0.29) is 19.1 Å². The van der Waals surface area contributed by atoms with E-state index < -0.39 is 0 Å². The number of anilines is 1. The SMILES string of the molecule is CN1CCCN(c2ccc(C(=O)NCCO)cn2)CC1. The topological polar surface area (TPSA) is 68.7 Å². The van der Waals surface area contributed by atoms with Crippen LogP contribution in [-0.2, 0) is 0 Å². The number of aliphatic hydroxyl groups excluding tert-OH is 1. The third-order valence-electron chi connectivity index (χ3n) is 3.45. The molecule has 2 N–H and O–H groups in total. The monoisotopic (exact) mass is 278 g/mol. The van der Waals surface area contributed by atoms with Crippen LogP contribution in [0, 0.1) is 0 Å². The highest BCUT2D eigenvalue weighted by molar-refractivity contribution is 5.94. The van der Waals surface area contributed by atoms with Gasteiger partial charge < -0.3 is 20.2 Å². The normalized spacial score (nSPS) is 16.8. The van der Waals surface area contributed by atoms with Crippen LogP contribution >= 0.6 is 0 Å². The zero-order valence-electron chi connectivity index (χ0n) is 11.9. The van der Waals surface area contributed by atoms with Gasteiger partial charge in [0.1, 0.15) is 5.82 Å². The van der Waals surface area contributed by atoms with Gasteiger partial charge in [-0.1, -0.05) is 0 Å². The zero-order valence-corrected chi connectivity index (χ0v) is 11.9. The van der Waals surface area contributed by atoms with Crippen LogP contribution in [0.5, 0.6) is 0 Å². The van der Waals surface area contributed by atoms with Gasteiger partial charge >= 0.3 is 0 Å². The molecule has 1 amide bonds. The van der Waals surface area contributed by atoms with Crippen LogP contribution in [0.4, 0.5) is 5.82 Å². The first-order chi connectivity index (χ1) is 9.70. The van der Waals surface area contributed by atoms with Crippen molar-refractivity contribution < 1.29 is 9.90 Å². The Bertz CT molecular complexity index is 435. The van der Waals surface area contributed by atoms with Crippen molar-refractivity contribution >= 4 is 11.7 Å². The fourth-order valence-electron chi connectivity index (χ4n) is 2.25. The Hall–Kier alpha value is -1.66. The maximum Gasteiger partial charge on any atom is 0.252 e. The molecule has 0 spiro atoms. The van der Waals surface area contributed by atoms with Gasteiger partial charge in [0.25, 0.3) is 5.91 Å². The van der Waals surface area contributed by atoms with Crippen LogP contribution in [0.15, 0.2) is 18.3 Å². The molecule has 6 nitrogen and oxygen atoms in total. The van der Waals surface area contributed by atoms with Gasteiger partial charge in [-0.05, 0) is 32.1 Å². The van der Waals surface area contributed by atoms with Crippen LogP contribution in [0.2, 0.25) is 0 Å². The third-order valence-corrected chi connectivity index (χ3v) is 3.45. The summed E-state index contributed by atoms with van der Waals surface area (Å²) in [5, 5.41) is 11.3. The Morgan fingerprint density at radius 3 is 2.90 bits per heavy atom. The highest BCUT2D eigenvalue weighted by atomic mass is 16.3. The lowest BCUT2D eigenvalue weighted by molar-refractivity contribution is 0.0944. The molecule has 0 atom stereocenters. The Kier molecular flexibility index (Phi) is 5.31. The highest BCUT2D eigenvalue weighted by Crippen LogP contribution is 2.13. The van der Waals surface area contributed by atoms with Crippen molar-refractivity contribution in [2.75, 3.05) is 51.3 Å². The number of carbonyl (C=O) groups is 1. The van der Waals surface area contributed by atoms with Crippen LogP contribution in [-0.4, -0.2) is 67.3 Å². The molecule has 0 unspecified atom stereocenters. The molecule has 20 heavy (non-hydrogen) atoms. The number of nitrogens with zero attached hydrogens (tertiary/aromatic N) is 3. The molecule has 1 aliphatic rings. The van der Waals surface area contributed by atoms with E-state index in [0.29, 0.717) is 5.56 Å². The Morgan fingerprint density at radius 2 is 2.20 bits per heavy atom. The van der Waals surface area contributed by atoms with Crippen molar-refractivity contribution in [3.8, 4) is 0 Å². The maximum absolute atomic E-state index is 11.7. The van der Waals surface area contributed by atoms with Crippen LogP contribution in [0.1, 0.15) is 16.8 Å². The van der Waals surface area contributed by atoms with Gasteiger partial charge in [-0.2, -0.15) is 0 Å². The van der Waals surface area contributed by atoms with E-state index in [9.17, 15) is 4.79 Å². The highest BCUT2D eigenvalue weighted by Gasteiger charge is 2.14. The quantitative estimate of drug-likeness (QED) is 0.808. The lowest BCUT2D eigenvalue weighted by atomic mass is 10.2. The number of rotatable bonds is 4. The summed E-state index contributed by atoms with van der Waals surface area (Å²) in [4.78, 5) is 20.7. The number of likely N-dealkylation sites (N-methyl/N-ethyl adjacent to an activating group) is 1. The third kappa shape index (κ3) is 3.91. The Balaban J connectivity index is 1.98. The second kappa shape index (κ2) is 7.21. The molecular formula is C14H22N4O2. The molecule has 0 aliphatic carbocycles. The summed E-state index contributed by atoms with van der Waals surface area (Å²) < 4.78 is 0. The Labute approximate surface area is 119 Å². The van der Waals surface area contributed by atoms with Gasteiger partial charge in [0, 0.05) is 32.4 Å². The lowest BCUT2D eigenvalue weighted by Crippen LogP contribution is -2.30. The molecule has 2 heterocycles. The van der Waals surface area contributed by atoms with Gasteiger partial charge in [-0.25, -0.2) is 4.98 Å². The minimum absolute atomic E-state index is 0.0570. The van der Waals surface area contributed by atoms with E-state index in [1.54, 1.807) is 12.3 Å². The molecule has 0 aromatic carbocycles. The van der Waals surface area contributed by atoms with Crippen molar-refractivity contribution in [1.29, 1.82) is 0 Å². The predicted molar refractivity (Wildman–Crippen MR) is 78.0 cm³/mol. The molecule has 1 saturated heterocycles. The number of carbonyl (C=O) groups excluding carboxylic acids is 1.